The largest absolute Gasteiger partial charge is 0.335 e. The zero-order valence-electron chi connectivity index (χ0n) is 11.4. The van der Waals surface area contributed by atoms with Crippen LogP contribution in [0.15, 0.2) is 54.7 Å². The molecule has 2 aromatic carbocycles. The molecular weight excluding hydrogens is 267 g/mol. The van der Waals surface area contributed by atoms with Crippen molar-refractivity contribution in [1.29, 1.82) is 0 Å². The lowest BCUT2D eigenvalue weighted by Gasteiger charge is -1.99. The zero-order valence-corrected chi connectivity index (χ0v) is 11.4. The van der Waals surface area contributed by atoms with Crippen LogP contribution in [0.4, 0.5) is 4.39 Å². The van der Waals surface area contributed by atoms with E-state index in [1.165, 1.54) is 30.5 Å². The van der Waals surface area contributed by atoms with E-state index in [2.05, 4.69) is 9.97 Å². The molecule has 0 spiro atoms. The van der Waals surface area contributed by atoms with Gasteiger partial charge in [-0.05, 0) is 31.2 Å². The fraction of sp³-hybridized carbons (Fsp3) is 0.0588. The van der Waals surface area contributed by atoms with E-state index in [1.54, 1.807) is 0 Å². The predicted molar refractivity (Wildman–Crippen MR) is 78.6 cm³/mol. The highest BCUT2D eigenvalue weighted by Gasteiger charge is 2.13. The van der Waals surface area contributed by atoms with E-state index < -0.39 is 0 Å². The van der Waals surface area contributed by atoms with Gasteiger partial charge in [-0.15, -0.1) is 0 Å². The number of nitrogens with zero attached hydrogens (tertiary/aromatic N) is 1. The molecule has 0 bridgehead atoms. The van der Waals surface area contributed by atoms with Gasteiger partial charge >= 0.3 is 0 Å². The quantitative estimate of drug-likeness (QED) is 0.742. The molecule has 1 heterocycles. The summed E-state index contributed by atoms with van der Waals surface area (Å²) in [4.78, 5) is 19.5. The number of aryl methyl sites for hydroxylation is 1. The molecule has 3 aromatic rings. The van der Waals surface area contributed by atoms with Gasteiger partial charge in [-0.1, -0.05) is 29.8 Å². The zero-order chi connectivity index (χ0) is 14.8. The number of aromatic amines is 1. The molecule has 0 aliphatic rings. The third-order valence-corrected chi connectivity index (χ3v) is 3.25. The SMILES string of the molecule is Cc1ccc(-c2ncc(C(=O)c3ccc(F)cc3)[nH]2)cc1. The van der Waals surface area contributed by atoms with E-state index in [-0.39, 0.29) is 11.6 Å². The van der Waals surface area contributed by atoms with Crippen molar-refractivity contribution in [1.82, 2.24) is 9.97 Å². The second-order valence-electron chi connectivity index (χ2n) is 4.85. The number of rotatable bonds is 3. The molecule has 0 saturated heterocycles. The first-order chi connectivity index (χ1) is 10.1. The number of ketones is 1. The average Bonchev–Trinajstić information content (AvgIpc) is 2.98. The van der Waals surface area contributed by atoms with Crippen LogP contribution in [-0.4, -0.2) is 15.8 Å². The number of aromatic nitrogens is 2. The monoisotopic (exact) mass is 280 g/mol. The number of carbonyl (C=O) groups is 1. The Hall–Kier alpha value is -2.75. The summed E-state index contributed by atoms with van der Waals surface area (Å²) >= 11 is 0. The highest BCUT2D eigenvalue weighted by molar-refractivity contribution is 6.07. The predicted octanol–water partition coefficient (Wildman–Crippen LogP) is 3.76. The molecule has 1 aromatic heterocycles. The van der Waals surface area contributed by atoms with Crippen molar-refractivity contribution in [3.05, 3.63) is 77.4 Å². The van der Waals surface area contributed by atoms with Crippen LogP contribution in [0.1, 0.15) is 21.6 Å². The van der Waals surface area contributed by atoms with Crippen LogP contribution >= 0.6 is 0 Å². The van der Waals surface area contributed by atoms with E-state index in [0.717, 1.165) is 11.1 Å². The number of H-pyrrole nitrogens is 1. The Morgan fingerprint density at radius 2 is 1.71 bits per heavy atom. The maximum absolute atomic E-state index is 12.9. The van der Waals surface area contributed by atoms with Crippen molar-refractivity contribution < 1.29 is 9.18 Å². The Labute approximate surface area is 121 Å². The summed E-state index contributed by atoms with van der Waals surface area (Å²) in [6, 6.07) is 13.3. The second kappa shape index (κ2) is 5.32. The molecule has 4 heteroatoms. The lowest BCUT2D eigenvalue weighted by atomic mass is 10.1. The number of benzene rings is 2. The Morgan fingerprint density at radius 1 is 1.05 bits per heavy atom. The summed E-state index contributed by atoms with van der Waals surface area (Å²) in [5.74, 6) is 0.0674. The lowest BCUT2D eigenvalue weighted by Crippen LogP contribution is -2.01. The van der Waals surface area contributed by atoms with E-state index >= 15 is 0 Å². The lowest BCUT2D eigenvalue weighted by molar-refractivity contribution is 0.103. The number of nitrogens with one attached hydrogen (secondary N) is 1. The molecule has 3 rings (SSSR count). The van der Waals surface area contributed by atoms with Crippen LogP contribution in [0.5, 0.6) is 0 Å². The topological polar surface area (TPSA) is 45.8 Å². The van der Waals surface area contributed by atoms with Crippen LogP contribution in [0, 0.1) is 12.7 Å². The van der Waals surface area contributed by atoms with Crippen molar-refractivity contribution in [3.8, 4) is 11.4 Å². The first-order valence-electron chi connectivity index (χ1n) is 6.56. The van der Waals surface area contributed by atoms with Gasteiger partial charge in [0.15, 0.2) is 0 Å². The maximum atomic E-state index is 12.9. The summed E-state index contributed by atoms with van der Waals surface area (Å²) < 4.78 is 12.9. The minimum absolute atomic E-state index is 0.208. The smallest absolute Gasteiger partial charge is 0.210 e. The van der Waals surface area contributed by atoms with Gasteiger partial charge in [-0.3, -0.25) is 4.79 Å². The molecule has 3 nitrogen and oxygen atoms in total. The minimum atomic E-state index is -0.364. The summed E-state index contributed by atoms with van der Waals surface area (Å²) in [5, 5.41) is 0. The number of hydrogen-bond donors (Lipinski definition) is 1. The van der Waals surface area contributed by atoms with Crippen LogP contribution in [0.25, 0.3) is 11.4 Å². The maximum Gasteiger partial charge on any atom is 0.210 e. The normalized spacial score (nSPS) is 10.6. The van der Waals surface area contributed by atoms with Gasteiger partial charge in [0, 0.05) is 11.1 Å². The van der Waals surface area contributed by atoms with Crippen molar-refractivity contribution in [3.63, 3.8) is 0 Å². The van der Waals surface area contributed by atoms with E-state index in [1.807, 2.05) is 31.2 Å². The molecule has 0 radical (unpaired) electrons. The van der Waals surface area contributed by atoms with Gasteiger partial charge in [0.1, 0.15) is 17.3 Å². The standard InChI is InChI=1S/C17H13FN2O/c1-11-2-4-13(5-3-11)17-19-10-15(20-17)16(21)12-6-8-14(18)9-7-12/h2-10H,1H3,(H,19,20). The Balaban J connectivity index is 1.89. The van der Waals surface area contributed by atoms with Crippen LogP contribution < -0.4 is 0 Å². The summed E-state index contributed by atoms with van der Waals surface area (Å²) in [6.07, 6.45) is 1.50. The number of halogens is 1. The van der Waals surface area contributed by atoms with Gasteiger partial charge in [-0.25, -0.2) is 9.37 Å². The summed E-state index contributed by atoms with van der Waals surface area (Å²) in [5.41, 5.74) is 2.89. The van der Waals surface area contributed by atoms with Gasteiger partial charge in [0.2, 0.25) is 5.78 Å². The first-order valence-corrected chi connectivity index (χ1v) is 6.56. The van der Waals surface area contributed by atoms with Crippen molar-refractivity contribution >= 4 is 5.78 Å². The van der Waals surface area contributed by atoms with Gasteiger partial charge in [0.25, 0.3) is 0 Å². The highest BCUT2D eigenvalue weighted by atomic mass is 19.1. The Morgan fingerprint density at radius 3 is 2.38 bits per heavy atom. The van der Waals surface area contributed by atoms with Gasteiger partial charge in [0.05, 0.1) is 6.20 Å². The molecule has 104 valence electrons. The Bertz CT molecular complexity index is 773. The summed E-state index contributed by atoms with van der Waals surface area (Å²) in [6.45, 7) is 2.01. The van der Waals surface area contributed by atoms with Gasteiger partial charge in [-0.2, -0.15) is 0 Å². The molecule has 21 heavy (non-hydrogen) atoms. The van der Waals surface area contributed by atoms with E-state index in [0.29, 0.717) is 17.1 Å². The molecule has 0 amide bonds. The minimum Gasteiger partial charge on any atom is -0.335 e. The molecule has 0 aliphatic heterocycles. The fourth-order valence-electron chi connectivity index (χ4n) is 2.05. The van der Waals surface area contributed by atoms with E-state index in [4.69, 9.17) is 0 Å². The van der Waals surface area contributed by atoms with Crippen molar-refractivity contribution in [2.45, 2.75) is 6.92 Å². The highest BCUT2D eigenvalue weighted by Crippen LogP contribution is 2.17. The van der Waals surface area contributed by atoms with E-state index in [9.17, 15) is 9.18 Å². The third-order valence-electron chi connectivity index (χ3n) is 3.25. The van der Waals surface area contributed by atoms with Gasteiger partial charge < -0.3 is 4.98 Å². The third kappa shape index (κ3) is 2.74. The fourth-order valence-corrected chi connectivity index (χ4v) is 2.05. The second-order valence-corrected chi connectivity index (χ2v) is 4.85. The molecule has 0 aliphatic carbocycles. The summed E-state index contributed by atoms with van der Waals surface area (Å²) in [7, 11) is 0. The molecular formula is C17H13FN2O. The number of hydrogen-bond acceptors (Lipinski definition) is 2. The van der Waals surface area contributed by atoms with Crippen LogP contribution in [-0.2, 0) is 0 Å². The Kier molecular flexibility index (Phi) is 3.36. The van der Waals surface area contributed by atoms with Crippen molar-refractivity contribution in [2.75, 3.05) is 0 Å². The molecule has 0 unspecified atom stereocenters. The molecule has 1 N–H and O–H groups in total. The number of carbonyl (C=O) groups excluding carboxylic acids is 1. The molecule has 0 fully saturated rings. The molecule has 0 atom stereocenters. The number of imidazole rings is 1. The van der Waals surface area contributed by atoms with Crippen LogP contribution in [0.2, 0.25) is 0 Å². The van der Waals surface area contributed by atoms with Crippen LogP contribution in [0.3, 0.4) is 0 Å². The first kappa shape index (κ1) is 13.2. The molecule has 0 saturated carbocycles. The average molecular weight is 280 g/mol. The van der Waals surface area contributed by atoms with Crippen molar-refractivity contribution in [2.24, 2.45) is 0 Å².